The smallest absolute Gasteiger partial charge is 0.0550 e. The van der Waals surface area contributed by atoms with Gasteiger partial charge in [-0.1, -0.05) is 71.1 Å². The summed E-state index contributed by atoms with van der Waals surface area (Å²) in [6.45, 7) is 2.28. The quantitative estimate of drug-likeness (QED) is 0.519. The van der Waals surface area contributed by atoms with Gasteiger partial charge in [0.2, 0.25) is 0 Å². The number of nitrogens with one attached hydrogen (secondary N) is 1. The van der Waals surface area contributed by atoms with Gasteiger partial charge in [0.1, 0.15) is 0 Å². The van der Waals surface area contributed by atoms with Crippen molar-refractivity contribution in [1.29, 1.82) is 0 Å². The Labute approximate surface area is 131 Å². The van der Waals surface area contributed by atoms with Crippen molar-refractivity contribution in [3.63, 3.8) is 0 Å². The molecule has 0 saturated heterocycles. The molecule has 0 radical (unpaired) electrons. The first kappa shape index (κ1) is 18.2. The minimum atomic E-state index is 0.451. The van der Waals surface area contributed by atoms with E-state index in [0.29, 0.717) is 6.04 Å². The summed E-state index contributed by atoms with van der Waals surface area (Å²) in [5.74, 6) is 0. The van der Waals surface area contributed by atoms with Crippen LogP contribution in [-0.4, -0.2) is 16.8 Å². The average Bonchev–Trinajstić information content (AvgIpc) is 2.91. The number of unbranched alkanes of at least 4 members (excludes halogenated alkanes) is 9. The average molecular weight is 293 g/mol. The molecule has 3 nitrogen and oxygen atoms in total. The zero-order chi connectivity index (χ0) is 15.3. The van der Waals surface area contributed by atoms with Crippen molar-refractivity contribution >= 4 is 0 Å². The summed E-state index contributed by atoms with van der Waals surface area (Å²) < 4.78 is 1.98. The normalized spacial score (nSPS) is 12.7. The molecular weight excluding hydrogens is 258 g/mol. The summed E-state index contributed by atoms with van der Waals surface area (Å²) in [4.78, 5) is 0. The molecule has 0 fully saturated rings. The van der Waals surface area contributed by atoms with Crippen LogP contribution in [0.4, 0.5) is 0 Å². The van der Waals surface area contributed by atoms with Gasteiger partial charge < -0.3 is 5.32 Å². The maximum absolute atomic E-state index is 4.26. The molecule has 3 heteroatoms. The van der Waals surface area contributed by atoms with E-state index in [0.717, 1.165) is 0 Å². The zero-order valence-electron chi connectivity index (χ0n) is 14.4. The van der Waals surface area contributed by atoms with Gasteiger partial charge in [0.25, 0.3) is 0 Å². The van der Waals surface area contributed by atoms with E-state index in [2.05, 4.69) is 23.4 Å². The van der Waals surface area contributed by atoms with Crippen LogP contribution in [0.15, 0.2) is 12.3 Å². The van der Waals surface area contributed by atoms with Gasteiger partial charge in [0.05, 0.1) is 5.69 Å². The van der Waals surface area contributed by atoms with Crippen molar-refractivity contribution in [2.24, 2.45) is 7.05 Å². The molecule has 1 N–H and O–H groups in total. The van der Waals surface area contributed by atoms with E-state index in [1.807, 2.05) is 25.0 Å². The van der Waals surface area contributed by atoms with Crippen molar-refractivity contribution in [3.05, 3.63) is 18.0 Å². The largest absolute Gasteiger partial charge is 0.312 e. The number of rotatable bonds is 13. The summed E-state index contributed by atoms with van der Waals surface area (Å²) in [5.41, 5.74) is 1.30. The molecule has 0 aliphatic carbocycles. The van der Waals surface area contributed by atoms with E-state index < -0.39 is 0 Å². The first-order chi connectivity index (χ1) is 10.3. The number of nitrogens with zero attached hydrogens (tertiary/aromatic N) is 2. The van der Waals surface area contributed by atoms with Crippen LogP contribution in [-0.2, 0) is 7.05 Å². The van der Waals surface area contributed by atoms with Gasteiger partial charge in [-0.3, -0.25) is 4.68 Å². The van der Waals surface area contributed by atoms with Crippen LogP contribution in [0.25, 0.3) is 0 Å². The molecule has 0 aliphatic rings. The molecule has 1 unspecified atom stereocenters. The van der Waals surface area contributed by atoms with Gasteiger partial charge in [-0.25, -0.2) is 0 Å². The van der Waals surface area contributed by atoms with Crippen LogP contribution in [0.5, 0.6) is 0 Å². The molecule has 1 atom stereocenters. The van der Waals surface area contributed by atoms with Crippen molar-refractivity contribution < 1.29 is 0 Å². The van der Waals surface area contributed by atoms with Gasteiger partial charge >= 0.3 is 0 Å². The second kappa shape index (κ2) is 11.8. The lowest BCUT2D eigenvalue weighted by molar-refractivity contribution is 0.469. The Kier molecular flexibility index (Phi) is 10.2. The maximum atomic E-state index is 4.26. The molecule has 0 saturated carbocycles. The third-order valence-corrected chi connectivity index (χ3v) is 4.41. The van der Waals surface area contributed by atoms with Crippen LogP contribution in [0.3, 0.4) is 0 Å². The van der Waals surface area contributed by atoms with Crippen LogP contribution < -0.4 is 5.32 Å². The molecule has 1 heterocycles. The van der Waals surface area contributed by atoms with E-state index in [-0.39, 0.29) is 0 Å². The first-order valence-electron chi connectivity index (χ1n) is 8.94. The molecule has 0 bridgehead atoms. The highest BCUT2D eigenvalue weighted by molar-refractivity contribution is 5.06. The summed E-state index contributed by atoms with van der Waals surface area (Å²) in [6, 6.07) is 2.57. The number of hydrogen-bond acceptors (Lipinski definition) is 2. The molecule has 122 valence electrons. The van der Waals surface area contributed by atoms with E-state index in [4.69, 9.17) is 0 Å². The lowest BCUT2D eigenvalue weighted by Gasteiger charge is -2.16. The highest BCUT2D eigenvalue weighted by Crippen LogP contribution is 2.19. The third kappa shape index (κ3) is 7.66. The van der Waals surface area contributed by atoms with E-state index in [1.54, 1.807) is 0 Å². The summed E-state index contributed by atoms with van der Waals surface area (Å²) >= 11 is 0. The second-order valence-corrected chi connectivity index (χ2v) is 6.19. The monoisotopic (exact) mass is 293 g/mol. The number of aromatic nitrogens is 2. The topological polar surface area (TPSA) is 29.9 Å². The highest BCUT2D eigenvalue weighted by Gasteiger charge is 2.11. The zero-order valence-corrected chi connectivity index (χ0v) is 14.4. The van der Waals surface area contributed by atoms with Gasteiger partial charge in [0.15, 0.2) is 0 Å². The second-order valence-electron chi connectivity index (χ2n) is 6.19. The van der Waals surface area contributed by atoms with Gasteiger partial charge in [-0.2, -0.15) is 5.10 Å². The fourth-order valence-electron chi connectivity index (χ4n) is 3.00. The molecular formula is C18H35N3. The number of aryl methyl sites for hydroxylation is 1. The molecule has 1 aromatic heterocycles. The minimum Gasteiger partial charge on any atom is -0.312 e. The van der Waals surface area contributed by atoms with Crippen LogP contribution >= 0.6 is 0 Å². The summed E-state index contributed by atoms with van der Waals surface area (Å²) in [6.07, 6.45) is 17.1. The Morgan fingerprint density at radius 2 is 1.57 bits per heavy atom. The lowest BCUT2D eigenvalue weighted by atomic mass is 10.0. The Balaban J connectivity index is 1.99. The Morgan fingerprint density at radius 3 is 2.05 bits per heavy atom. The van der Waals surface area contributed by atoms with Crippen LogP contribution in [0.1, 0.15) is 89.3 Å². The first-order valence-corrected chi connectivity index (χ1v) is 8.94. The molecule has 1 rings (SSSR count). The highest BCUT2D eigenvalue weighted by atomic mass is 15.3. The van der Waals surface area contributed by atoms with E-state index in [1.165, 1.54) is 76.3 Å². The van der Waals surface area contributed by atoms with Crippen LogP contribution in [0, 0.1) is 0 Å². The SMILES string of the molecule is CCCCCCCCCCCCC(NC)c1ccnn1C. The molecule has 0 aromatic carbocycles. The predicted molar refractivity (Wildman–Crippen MR) is 91.5 cm³/mol. The molecule has 21 heavy (non-hydrogen) atoms. The van der Waals surface area contributed by atoms with E-state index in [9.17, 15) is 0 Å². The van der Waals surface area contributed by atoms with Crippen molar-refractivity contribution in [2.75, 3.05) is 7.05 Å². The van der Waals surface area contributed by atoms with Gasteiger partial charge in [0, 0.05) is 19.3 Å². The summed E-state index contributed by atoms with van der Waals surface area (Å²) in [7, 11) is 4.08. The molecule has 1 aromatic rings. The molecule has 0 spiro atoms. The van der Waals surface area contributed by atoms with Crippen LogP contribution in [0.2, 0.25) is 0 Å². The maximum Gasteiger partial charge on any atom is 0.0550 e. The summed E-state index contributed by atoms with van der Waals surface area (Å²) in [5, 5.41) is 7.68. The lowest BCUT2D eigenvalue weighted by Crippen LogP contribution is -2.19. The predicted octanol–water partition coefficient (Wildman–Crippen LogP) is 4.99. The van der Waals surface area contributed by atoms with E-state index >= 15 is 0 Å². The van der Waals surface area contributed by atoms with Gasteiger partial charge in [-0.05, 0) is 19.5 Å². The van der Waals surface area contributed by atoms with Gasteiger partial charge in [-0.15, -0.1) is 0 Å². The Morgan fingerprint density at radius 1 is 1.00 bits per heavy atom. The Hall–Kier alpha value is -0.830. The van der Waals surface area contributed by atoms with Crippen molar-refractivity contribution in [2.45, 2.75) is 83.6 Å². The number of hydrogen-bond donors (Lipinski definition) is 1. The standard InChI is InChI=1S/C18H35N3/c1-4-5-6-7-8-9-10-11-12-13-14-17(19-2)18-15-16-20-21(18)3/h15-17,19H,4-14H2,1-3H3. The molecule has 0 aliphatic heterocycles. The Bertz CT molecular complexity index is 346. The van der Waals surface area contributed by atoms with Crippen molar-refractivity contribution in [3.8, 4) is 0 Å². The van der Waals surface area contributed by atoms with Crippen molar-refractivity contribution in [1.82, 2.24) is 15.1 Å². The fraction of sp³-hybridized carbons (Fsp3) is 0.833. The fourth-order valence-corrected chi connectivity index (χ4v) is 3.00. The minimum absolute atomic E-state index is 0.451. The molecule has 0 amide bonds. The third-order valence-electron chi connectivity index (χ3n) is 4.41.